The van der Waals surface area contributed by atoms with E-state index < -0.39 is 0 Å². The zero-order valence-electron chi connectivity index (χ0n) is 35.9. The maximum atomic E-state index is 13.4. The van der Waals surface area contributed by atoms with Crippen LogP contribution >= 0.6 is 0 Å². The second-order valence-corrected chi connectivity index (χ2v) is 17.6. The number of aliphatic hydroxyl groups excluding tert-OH is 1. The van der Waals surface area contributed by atoms with Gasteiger partial charge in [0.25, 0.3) is 0 Å². The molecule has 10 rings (SSSR count). The highest BCUT2D eigenvalue weighted by Crippen LogP contribution is 2.37. The maximum Gasteiger partial charge on any atom is 0.229 e. The number of aromatic nitrogens is 8. The molecule has 6 aromatic rings. The Morgan fingerprint density at radius 1 is 0.742 bits per heavy atom. The Kier molecular flexibility index (Phi) is 10.9. The summed E-state index contributed by atoms with van der Waals surface area (Å²) in [4.78, 5) is 39.2. The standard InChI is InChI=1S/C45H55N13O4/c1-27(59)57-35(25-56-42-32(21-48-56)19-46-44(52-42)50-38-15-30-23-54(2)13-11-28(30)17-40(38)61-4)5-6-36(57)26-62-41-18-29-12-14-55(3)24-31(29)16-39(41)51-45-47-20-33-22-49-58(43(33)53-45)34-7-9-37(60)10-8-34/h15-22,34-37,60H,5-14,23-26H2,1-4H3,(H,46,50,52)(H,47,51,53). The molecule has 324 valence electrons. The third kappa shape index (κ3) is 7.99. The fourth-order valence-corrected chi connectivity index (χ4v) is 9.91. The highest BCUT2D eigenvalue weighted by Gasteiger charge is 2.37. The predicted octanol–water partition coefficient (Wildman–Crippen LogP) is 5.37. The molecule has 17 heteroatoms. The number of hydrogen-bond donors (Lipinski definition) is 3. The van der Waals surface area contributed by atoms with E-state index in [-0.39, 0.29) is 30.1 Å². The average molecular weight is 842 g/mol. The summed E-state index contributed by atoms with van der Waals surface area (Å²) in [6, 6.07) is 8.51. The van der Waals surface area contributed by atoms with Crippen LogP contribution in [-0.4, -0.2) is 124 Å². The van der Waals surface area contributed by atoms with Crippen LogP contribution in [0.3, 0.4) is 0 Å². The second kappa shape index (κ2) is 16.8. The molecule has 2 fully saturated rings. The molecule has 2 atom stereocenters. The third-order valence-corrected chi connectivity index (χ3v) is 13.2. The summed E-state index contributed by atoms with van der Waals surface area (Å²) < 4.78 is 16.4. The largest absolute Gasteiger partial charge is 0.495 e. The molecular formula is C45H55N13O4. The van der Waals surface area contributed by atoms with Gasteiger partial charge in [0.05, 0.1) is 72.4 Å². The highest BCUT2D eigenvalue weighted by molar-refractivity contribution is 5.78. The molecule has 4 aliphatic rings. The van der Waals surface area contributed by atoms with Gasteiger partial charge < -0.3 is 39.9 Å². The van der Waals surface area contributed by atoms with Gasteiger partial charge in [0, 0.05) is 45.5 Å². The third-order valence-electron chi connectivity index (χ3n) is 13.2. The lowest BCUT2D eigenvalue weighted by molar-refractivity contribution is -0.132. The number of methoxy groups -OCH3 is 1. The quantitative estimate of drug-likeness (QED) is 0.152. The summed E-state index contributed by atoms with van der Waals surface area (Å²) in [7, 11) is 5.95. The van der Waals surface area contributed by atoms with Crippen LogP contribution in [0.15, 0.2) is 49.1 Å². The molecule has 7 heterocycles. The topological polar surface area (TPSA) is 177 Å². The molecule has 0 bridgehead atoms. The van der Waals surface area contributed by atoms with Crippen LogP contribution in [0, 0.1) is 0 Å². The summed E-state index contributed by atoms with van der Waals surface area (Å²) in [6.45, 7) is 6.14. The summed E-state index contributed by atoms with van der Waals surface area (Å²) in [5.74, 6) is 2.36. The van der Waals surface area contributed by atoms with Gasteiger partial charge in [-0.25, -0.2) is 19.3 Å². The van der Waals surface area contributed by atoms with E-state index in [1.54, 1.807) is 32.6 Å². The number of likely N-dealkylation sites (tertiary alicyclic amines) is 1. The molecule has 62 heavy (non-hydrogen) atoms. The van der Waals surface area contributed by atoms with Crippen LogP contribution in [0.25, 0.3) is 22.1 Å². The van der Waals surface area contributed by atoms with Crippen molar-refractivity contribution >= 4 is 51.2 Å². The summed E-state index contributed by atoms with van der Waals surface area (Å²) in [6.07, 6.45) is 13.7. The minimum Gasteiger partial charge on any atom is -0.495 e. The molecular weight excluding hydrogens is 787 g/mol. The number of nitrogens with one attached hydrogen (secondary N) is 2. The number of hydrogen-bond acceptors (Lipinski definition) is 14. The van der Waals surface area contributed by atoms with Crippen molar-refractivity contribution in [1.29, 1.82) is 0 Å². The maximum absolute atomic E-state index is 13.4. The van der Waals surface area contributed by atoms with Gasteiger partial charge in [0.1, 0.15) is 18.1 Å². The van der Waals surface area contributed by atoms with Crippen LogP contribution in [0.4, 0.5) is 23.3 Å². The lowest BCUT2D eigenvalue weighted by atomic mass is 9.93. The van der Waals surface area contributed by atoms with Crippen molar-refractivity contribution in [2.75, 3.05) is 51.5 Å². The van der Waals surface area contributed by atoms with Crippen molar-refractivity contribution < 1.29 is 19.4 Å². The van der Waals surface area contributed by atoms with Crippen LogP contribution in [0.2, 0.25) is 0 Å². The molecule has 1 aliphatic carbocycles. The Morgan fingerprint density at radius 2 is 1.34 bits per heavy atom. The number of likely N-dealkylation sites (N-methyl/N-ethyl adjacent to an activating group) is 2. The highest BCUT2D eigenvalue weighted by atomic mass is 16.5. The first-order chi connectivity index (χ1) is 30.1. The monoisotopic (exact) mass is 841 g/mol. The molecule has 2 unspecified atom stereocenters. The zero-order valence-corrected chi connectivity index (χ0v) is 35.9. The summed E-state index contributed by atoms with van der Waals surface area (Å²) in [5, 5.41) is 28.1. The Balaban J connectivity index is 0.865. The first-order valence-electron chi connectivity index (χ1n) is 21.9. The Morgan fingerprint density at radius 3 is 2.00 bits per heavy atom. The molecule has 17 nitrogen and oxygen atoms in total. The van der Waals surface area contributed by atoms with Gasteiger partial charge in [-0.3, -0.25) is 4.79 Å². The minimum absolute atomic E-state index is 0.00249. The van der Waals surface area contributed by atoms with Gasteiger partial charge in [0.15, 0.2) is 11.3 Å². The summed E-state index contributed by atoms with van der Waals surface area (Å²) in [5.41, 5.74) is 8.10. The molecule has 0 radical (unpaired) electrons. The van der Waals surface area contributed by atoms with E-state index in [2.05, 4.69) is 73.9 Å². The van der Waals surface area contributed by atoms with Crippen molar-refractivity contribution in [3.8, 4) is 11.5 Å². The van der Waals surface area contributed by atoms with Crippen molar-refractivity contribution in [3.05, 3.63) is 71.3 Å². The fourth-order valence-electron chi connectivity index (χ4n) is 9.91. The van der Waals surface area contributed by atoms with Crippen molar-refractivity contribution in [2.24, 2.45) is 0 Å². The van der Waals surface area contributed by atoms with Crippen LogP contribution in [-0.2, 0) is 37.3 Å². The first-order valence-corrected chi connectivity index (χ1v) is 21.9. The van der Waals surface area contributed by atoms with Crippen molar-refractivity contribution in [3.63, 3.8) is 0 Å². The van der Waals surface area contributed by atoms with Gasteiger partial charge in [-0.15, -0.1) is 0 Å². The molecule has 1 saturated carbocycles. The number of anilines is 4. The van der Waals surface area contributed by atoms with Gasteiger partial charge >= 0.3 is 0 Å². The first kappa shape index (κ1) is 40.2. The number of nitrogens with zero attached hydrogens (tertiary/aromatic N) is 11. The fraction of sp³-hybridized carbons (Fsp3) is 0.489. The van der Waals surface area contributed by atoms with Crippen molar-refractivity contribution in [1.82, 2.24) is 54.2 Å². The minimum atomic E-state index is -0.248. The number of rotatable bonds is 11. The number of fused-ring (bicyclic) bond motifs is 4. The van der Waals surface area contributed by atoms with Crippen LogP contribution in [0.5, 0.6) is 11.5 Å². The number of carbonyl (C=O) groups is 1. The van der Waals surface area contributed by atoms with E-state index in [1.165, 1.54) is 22.3 Å². The number of carbonyl (C=O) groups excluding carboxylic acids is 1. The summed E-state index contributed by atoms with van der Waals surface area (Å²) >= 11 is 0. The number of ether oxygens (including phenoxy) is 2. The lowest BCUT2D eigenvalue weighted by Gasteiger charge is -2.30. The second-order valence-electron chi connectivity index (χ2n) is 17.6. The number of amides is 1. The smallest absolute Gasteiger partial charge is 0.229 e. The predicted molar refractivity (Wildman–Crippen MR) is 235 cm³/mol. The van der Waals surface area contributed by atoms with Gasteiger partial charge in [0.2, 0.25) is 17.8 Å². The molecule has 3 aliphatic heterocycles. The van der Waals surface area contributed by atoms with Gasteiger partial charge in [-0.2, -0.15) is 20.2 Å². The molecule has 3 N–H and O–H groups in total. The Bertz CT molecular complexity index is 2620. The zero-order chi connectivity index (χ0) is 42.5. The molecule has 1 saturated heterocycles. The Hall–Kier alpha value is -5.91. The number of benzene rings is 2. The lowest BCUT2D eigenvalue weighted by Crippen LogP contribution is -2.44. The van der Waals surface area contributed by atoms with Crippen LogP contribution in [0.1, 0.15) is 73.7 Å². The van der Waals surface area contributed by atoms with Gasteiger partial charge in [-0.1, -0.05) is 0 Å². The Labute approximate surface area is 360 Å². The van der Waals surface area contributed by atoms with E-state index in [1.807, 2.05) is 20.5 Å². The van der Waals surface area contributed by atoms with E-state index in [4.69, 9.17) is 24.5 Å². The molecule has 2 aromatic carbocycles. The molecule has 1 amide bonds. The van der Waals surface area contributed by atoms with E-state index in [9.17, 15) is 9.90 Å². The van der Waals surface area contributed by atoms with Crippen LogP contribution < -0.4 is 20.1 Å². The normalized spacial score (nSPS) is 21.9. The SMILES string of the molecule is COc1cc2c(cc1Nc1ncc3cnn(CC4CCC(COc5cc6c(cc5Nc5ncc7cnn(C8CCC(O)CC8)c7n5)CN(C)CC6)N4C(C)=O)c3n1)CN(C)CC2. The number of aliphatic hydroxyl groups is 1. The van der Waals surface area contributed by atoms with E-state index >= 15 is 0 Å². The average Bonchev–Trinajstić information content (AvgIpc) is 4.00. The van der Waals surface area contributed by atoms with E-state index in [0.29, 0.717) is 36.4 Å². The molecule has 0 spiro atoms. The van der Waals surface area contributed by atoms with Gasteiger partial charge in [-0.05, 0) is 112 Å². The molecule has 4 aromatic heterocycles. The van der Waals surface area contributed by atoms with E-state index in [0.717, 1.165) is 111 Å². The van der Waals surface area contributed by atoms with Crippen molar-refractivity contribution in [2.45, 2.75) is 102 Å².